The molecule has 2 N–H and O–H groups in total. The van der Waals surface area contributed by atoms with E-state index in [0.717, 1.165) is 6.42 Å². The number of nitrogens with two attached hydrogens (primary N) is 1. The molecule has 0 amide bonds. The lowest BCUT2D eigenvalue weighted by molar-refractivity contribution is -0.160. The first-order valence-corrected chi connectivity index (χ1v) is 6.35. The van der Waals surface area contributed by atoms with Crippen molar-refractivity contribution in [2.24, 2.45) is 17.6 Å². The van der Waals surface area contributed by atoms with Crippen LogP contribution in [0.4, 0.5) is 0 Å². The van der Waals surface area contributed by atoms with Gasteiger partial charge in [-0.2, -0.15) is 0 Å². The summed E-state index contributed by atoms with van der Waals surface area (Å²) in [6.07, 6.45) is 6.01. The second-order valence-electron chi connectivity index (χ2n) is 5.85. The quantitative estimate of drug-likeness (QED) is 0.751. The van der Waals surface area contributed by atoms with E-state index in [9.17, 15) is 4.79 Å². The molecule has 3 nitrogen and oxygen atoms in total. The molecule has 94 valence electrons. The summed E-state index contributed by atoms with van der Waals surface area (Å²) in [5.41, 5.74) is 5.27. The van der Waals surface area contributed by atoms with E-state index in [0.29, 0.717) is 12.5 Å². The normalized spacial score (nSPS) is 19.8. The Morgan fingerprint density at radius 1 is 1.38 bits per heavy atom. The first-order chi connectivity index (χ1) is 7.42. The predicted molar refractivity (Wildman–Crippen MR) is 65.0 cm³/mol. The molecule has 1 unspecified atom stereocenters. The smallest absolute Gasteiger partial charge is 0.310 e. The molecule has 0 bridgehead atoms. The van der Waals surface area contributed by atoms with E-state index in [1.165, 1.54) is 25.7 Å². The van der Waals surface area contributed by atoms with Gasteiger partial charge in [0.2, 0.25) is 0 Å². The summed E-state index contributed by atoms with van der Waals surface area (Å²) in [5.74, 6) is 0.449. The molecule has 0 aromatic carbocycles. The van der Waals surface area contributed by atoms with Crippen LogP contribution in [0.3, 0.4) is 0 Å². The summed E-state index contributed by atoms with van der Waals surface area (Å²) in [6.45, 7) is 6.10. The zero-order valence-electron chi connectivity index (χ0n) is 10.8. The fraction of sp³-hybridized carbons (Fsp3) is 0.923. The number of hydrogen-bond acceptors (Lipinski definition) is 3. The molecule has 1 saturated carbocycles. The maximum atomic E-state index is 11.9. The lowest BCUT2D eigenvalue weighted by Crippen LogP contribution is -2.33. The van der Waals surface area contributed by atoms with Gasteiger partial charge in [0.15, 0.2) is 0 Å². The zero-order chi connectivity index (χ0) is 12.2. The van der Waals surface area contributed by atoms with Gasteiger partial charge in [-0.1, -0.05) is 25.7 Å². The number of rotatable bonds is 4. The molecule has 0 heterocycles. The minimum absolute atomic E-state index is 0.109. The van der Waals surface area contributed by atoms with Crippen molar-refractivity contribution in [3.63, 3.8) is 0 Å². The summed E-state index contributed by atoms with van der Waals surface area (Å²) in [7, 11) is 0. The highest BCUT2D eigenvalue weighted by molar-refractivity contribution is 5.73. The minimum atomic E-state index is -0.403. The molecular formula is C13H25NO2. The Bertz CT molecular complexity index is 227. The van der Waals surface area contributed by atoms with Crippen LogP contribution < -0.4 is 5.73 Å². The Labute approximate surface area is 98.7 Å². The van der Waals surface area contributed by atoms with Crippen molar-refractivity contribution in [1.82, 2.24) is 0 Å². The summed E-state index contributed by atoms with van der Waals surface area (Å²) < 4.78 is 5.38. The maximum Gasteiger partial charge on any atom is 0.310 e. The van der Waals surface area contributed by atoms with Gasteiger partial charge in [-0.25, -0.2) is 0 Å². The van der Waals surface area contributed by atoms with Crippen LogP contribution in [0, 0.1) is 11.8 Å². The molecule has 1 fully saturated rings. The summed E-state index contributed by atoms with van der Waals surface area (Å²) in [5, 5.41) is 0. The Morgan fingerprint density at radius 2 is 1.94 bits per heavy atom. The van der Waals surface area contributed by atoms with Crippen LogP contribution in [-0.2, 0) is 9.53 Å². The third kappa shape index (κ3) is 4.52. The van der Waals surface area contributed by atoms with Gasteiger partial charge < -0.3 is 10.5 Å². The van der Waals surface area contributed by atoms with Crippen LogP contribution in [0.25, 0.3) is 0 Å². The highest BCUT2D eigenvalue weighted by Gasteiger charge is 2.27. The second kappa shape index (κ2) is 5.67. The number of esters is 1. The third-order valence-corrected chi connectivity index (χ3v) is 3.12. The summed E-state index contributed by atoms with van der Waals surface area (Å²) in [4.78, 5) is 11.9. The van der Waals surface area contributed by atoms with Crippen molar-refractivity contribution >= 4 is 5.97 Å². The molecule has 0 radical (unpaired) electrons. The van der Waals surface area contributed by atoms with Gasteiger partial charge in [0.05, 0.1) is 5.92 Å². The molecule has 1 rings (SSSR count). The molecule has 0 aromatic rings. The molecule has 1 aliphatic rings. The van der Waals surface area contributed by atoms with Crippen molar-refractivity contribution in [3.8, 4) is 0 Å². The van der Waals surface area contributed by atoms with E-state index >= 15 is 0 Å². The Balaban J connectivity index is 2.43. The van der Waals surface area contributed by atoms with Crippen molar-refractivity contribution in [2.75, 3.05) is 6.54 Å². The van der Waals surface area contributed by atoms with Crippen molar-refractivity contribution in [1.29, 1.82) is 0 Å². The lowest BCUT2D eigenvalue weighted by Gasteiger charge is -2.24. The molecule has 3 heteroatoms. The molecule has 1 aliphatic carbocycles. The predicted octanol–water partition coefficient (Wildman–Crippen LogP) is 2.48. The van der Waals surface area contributed by atoms with Gasteiger partial charge >= 0.3 is 5.97 Å². The highest BCUT2D eigenvalue weighted by atomic mass is 16.6. The topological polar surface area (TPSA) is 52.3 Å². The van der Waals surface area contributed by atoms with Gasteiger partial charge in [0, 0.05) is 6.54 Å². The standard InChI is InChI=1S/C13H25NO2/c1-13(2,3)16-12(15)11(9-14)8-10-6-4-5-7-10/h10-11H,4-9,14H2,1-3H3. The average molecular weight is 227 g/mol. The Kier molecular flexibility index (Phi) is 4.78. The van der Waals surface area contributed by atoms with Crippen molar-refractivity contribution in [2.45, 2.75) is 58.5 Å². The van der Waals surface area contributed by atoms with Crippen LogP contribution in [0.5, 0.6) is 0 Å². The molecular weight excluding hydrogens is 202 g/mol. The van der Waals surface area contributed by atoms with Crippen LogP contribution in [-0.4, -0.2) is 18.1 Å². The lowest BCUT2D eigenvalue weighted by atomic mass is 9.93. The average Bonchev–Trinajstić information content (AvgIpc) is 2.63. The highest BCUT2D eigenvalue weighted by Crippen LogP contribution is 2.30. The van der Waals surface area contributed by atoms with Gasteiger partial charge in [-0.05, 0) is 33.1 Å². The van der Waals surface area contributed by atoms with E-state index in [2.05, 4.69) is 0 Å². The number of carbonyl (C=O) groups excluding carboxylic acids is 1. The Hall–Kier alpha value is -0.570. The minimum Gasteiger partial charge on any atom is -0.460 e. The summed E-state index contributed by atoms with van der Waals surface area (Å²) in [6, 6.07) is 0. The van der Waals surface area contributed by atoms with Crippen LogP contribution in [0.1, 0.15) is 52.9 Å². The number of ether oxygens (including phenoxy) is 1. The van der Waals surface area contributed by atoms with E-state index in [-0.39, 0.29) is 11.9 Å². The summed E-state index contributed by atoms with van der Waals surface area (Å²) >= 11 is 0. The van der Waals surface area contributed by atoms with Crippen molar-refractivity contribution in [3.05, 3.63) is 0 Å². The van der Waals surface area contributed by atoms with E-state index in [4.69, 9.17) is 10.5 Å². The molecule has 0 saturated heterocycles. The van der Waals surface area contributed by atoms with Gasteiger partial charge in [0.1, 0.15) is 5.60 Å². The fourth-order valence-electron chi connectivity index (χ4n) is 2.32. The third-order valence-electron chi connectivity index (χ3n) is 3.12. The van der Waals surface area contributed by atoms with Gasteiger partial charge in [-0.15, -0.1) is 0 Å². The van der Waals surface area contributed by atoms with E-state index in [1.807, 2.05) is 20.8 Å². The van der Waals surface area contributed by atoms with Crippen LogP contribution in [0.2, 0.25) is 0 Å². The SMILES string of the molecule is CC(C)(C)OC(=O)C(CN)CC1CCCC1. The zero-order valence-corrected chi connectivity index (χ0v) is 10.8. The number of hydrogen-bond donors (Lipinski definition) is 1. The van der Waals surface area contributed by atoms with Crippen molar-refractivity contribution < 1.29 is 9.53 Å². The van der Waals surface area contributed by atoms with Gasteiger partial charge in [-0.3, -0.25) is 4.79 Å². The number of carbonyl (C=O) groups is 1. The largest absolute Gasteiger partial charge is 0.460 e. The molecule has 0 aromatic heterocycles. The maximum absolute atomic E-state index is 11.9. The van der Waals surface area contributed by atoms with E-state index < -0.39 is 5.60 Å². The second-order valence-corrected chi connectivity index (χ2v) is 5.85. The molecule has 0 spiro atoms. The molecule has 0 aliphatic heterocycles. The molecule has 1 atom stereocenters. The molecule has 16 heavy (non-hydrogen) atoms. The Morgan fingerprint density at radius 3 is 2.38 bits per heavy atom. The fourth-order valence-corrected chi connectivity index (χ4v) is 2.32. The van der Waals surface area contributed by atoms with Gasteiger partial charge in [0.25, 0.3) is 0 Å². The first-order valence-electron chi connectivity index (χ1n) is 6.35. The van der Waals surface area contributed by atoms with Crippen LogP contribution >= 0.6 is 0 Å². The first kappa shape index (κ1) is 13.5. The van der Waals surface area contributed by atoms with Crippen LogP contribution in [0.15, 0.2) is 0 Å². The monoisotopic (exact) mass is 227 g/mol. The van der Waals surface area contributed by atoms with E-state index in [1.54, 1.807) is 0 Å².